The molecule has 2 aliphatic heterocycles. The molecule has 0 bridgehead atoms. The number of alkyl halides is 3. The van der Waals surface area contributed by atoms with Gasteiger partial charge in [0, 0.05) is 12.2 Å². The molecule has 1 atom stereocenters. The van der Waals surface area contributed by atoms with Crippen molar-refractivity contribution in [1.82, 2.24) is 4.90 Å². The minimum Gasteiger partial charge on any atom is -0.442 e. The molecule has 146 valence electrons. The number of aryl methyl sites for hydroxylation is 1. The summed E-state index contributed by atoms with van der Waals surface area (Å²) >= 11 is 0. The maximum absolute atomic E-state index is 12.9. The van der Waals surface area contributed by atoms with E-state index in [9.17, 15) is 18.0 Å². The molecule has 2 aromatic rings. The van der Waals surface area contributed by atoms with Crippen molar-refractivity contribution in [1.29, 1.82) is 0 Å². The summed E-state index contributed by atoms with van der Waals surface area (Å²) in [7, 11) is 0. The second-order valence-electron chi connectivity index (χ2n) is 6.66. The Bertz CT molecular complexity index is 1010. The highest BCUT2D eigenvalue weighted by molar-refractivity contribution is 6.19. The molecule has 1 aromatic carbocycles. The van der Waals surface area contributed by atoms with Gasteiger partial charge < -0.3 is 14.6 Å². The number of nitrogens with zero attached hydrogens (tertiary/aromatic N) is 3. The molecular formula is C19H17F3N4O2. The molecule has 2 aliphatic rings. The molecule has 0 spiro atoms. The Labute approximate surface area is 158 Å². The number of carbonyl (C=O) groups is 1. The number of benzene rings is 1. The first-order valence-electron chi connectivity index (χ1n) is 8.79. The van der Waals surface area contributed by atoms with Gasteiger partial charge in [-0.2, -0.15) is 13.2 Å². The fourth-order valence-corrected chi connectivity index (χ4v) is 3.32. The van der Waals surface area contributed by atoms with Crippen molar-refractivity contribution >= 4 is 29.7 Å². The molecule has 0 saturated carbocycles. The van der Waals surface area contributed by atoms with Crippen LogP contribution in [0.15, 0.2) is 38.7 Å². The summed E-state index contributed by atoms with van der Waals surface area (Å²) in [5.41, 5.74) is -0.0895. The van der Waals surface area contributed by atoms with Crippen molar-refractivity contribution in [2.24, 2.45) is 9.98 Å². The number of halogens is 3. The predicted molar refractivity (Wildman–Crippen MR) is 98.3 cm³/mol. The molecule has 0 saturated heterocycles. The lowest BCUT2D eigenvalue weighted by atomic mass is 10.1. The van der Waals surface area contributed by atoms with Crippen LogP contribution in [0.2, 0.25) is 0 Å². The number of anilines is 1. The van der Waals surface area contributed by atoms with Gasteiger partial charge in [0.05, 0.1) is 22.7 Å². The summed E-state index contributed by atoms with van der Waals surface area (Å²) in [6.45, 7) is 4.30. The third kappa shape index (κ3) is 3.06. The fraction of sp³-hybridized carbons (Fsp3) is 0.316. The number of amides is 1. The van der Waals surface area contributed by atoms with Crippen LogP contribution in [0.3, 0.4) is 0 Å². The van der Waals surface area contributed by atoms with Gasteiger partial charge in [-0.3, -0.25) is 9.79 Å². The fourth-order valence-electron chi connectivity index (χ4n) is 3.32. The van der Waals surface area contributed by atoms with Crippen LogP contribution in [0.5, 0.6) is 0 Å². The average molecular weight is 390 g/mol. The zero-order valence-corrected chi connectivity index (χ0v) is 15.2. The van der Waals surface area contributed by atoms with Crippen molar-refractivity contribution in [2.75, 3.05) is 11.9 Å². The van der Waals surface area contributed by atoms with Gasteiger partial charge in [-0.15, -0.1) is 0 Å². The Hall–Kier alpha value is -3.10. The monoisotopic (exact) mass is 390 g/mol. The van der Waals surface area contributed by atoms with Crippen LogP contribution < -0.4 is 5.32 Å². The molecular weight excluding hydrogens is 373 g/mol. The zero-order chi connectivity index (χ0) is 20.1. The zero-order valence-electron chi connectivity index (χ0n) is 15.2. The van der Waals surface area contributed by atoms with Crippen LogP contribution in [0.4, 0.5) is 24.7 Å². The highest BCUT2D eigenvalue weighted by atomic mass is 19.4. The molecule has 0 unspecified atom stereocenters. The largest absolute Gasteiger partial charge is 0.442 e. The Morgan fingerprint density at radius 3 is 2.89 bits per heavy atom. The number of hydrogen-bond donors (Lipinski definition) is 1. The first-order valence-corrected chi connectivity index (χ1v) is 8.79. The van der Waals surface area contributed by atoms with Crippen LogP contribution in [0, 0.1) is 6.92 Å². The number of amidine groups is 1. The van der Waals surface area contributed by atoms with Crippen LogP contribution in [-0.4, -0.2) is 35.6 Å². The van der Waals surface area contributed by atoms with Gasteiger partial charge in [-0.05, 0) is 31.5 Å². The van der Waals surface area contributed by atoms with E-state index in [4.69, 9.17) is 4.42 Å². The van der Waals surface area contributed by atoms with Crippen molar-refractivity contribution in [3.05, 3.63) is 46.7 Å². The maximum Gasteiger partial charge on any atom is 0.416 e. The number of aliphatic imine (C=N–C) groups is 2. The van der Waals surface area contributed by atoms with E-state index in [-0.39, 0.29) is 23.2 Å². The number of carbonyl (C=O) groups excluding carboxylic acids is 1. The summed E-state index contributed by atoms with van der Waals surface area (Å²) in [4.78, 5) is 23.6. The van der Waals surface area contributed by atoms with Crippen LogP contribution in [0.1, 0.15) is 40.6 Å². The summed E-state index contributed by atoms with van der Waals surface area (Å²) in [6, 6.07) is 4.58. The quantitative estimate of drug-likeness (QED) is 0.846. The van der Waals surface area contributed by atoms with E-state index >= 15 is 0 Å². The van der Waals surface area contributed by atoms with Gasteiger partial charge in [0.2, 0.25) is 5.88 Å². The minimum absolute atomic E-state index is 0.0464. The van der Waals surface area contributed by atoms with E-state index in [1.165, 1.54) is 12.1 Å². The van der Waals surface area contributed by atoms with Crippen LogP contribution in [0.25, 0.3) is 0 Å². The molecule has 1 amide bonds. The number of furan rings is 1. The maximum atomic E-state index is 12.9. The molecule has 0 aliphatic carbocycles. The number of fused-ring (bicyclic) bond motifs is 3. The van der Waals surface area contributed by atoms with E-state index in [0.717, 1.165) is 18.6 Å². The Morgan fingerprint density at radius 2 is 2.18 bits per heavy atom. The SMILES string of the molecule is CC[C@H]1CN2C=Nc3oc(C)c(C(=O)Nc4cccc(C(F)(F)F)c4)c3C2=N1. The first-order chi connectivity index (χ1) is 13.3. The third-order valence-electron chi connectivity index (χ3n) is 4.73. The van der Waals surface area contributed by atoms with Gasteiger partial charge in [0.25, 0.3) is 5.91 Å². The molecule has 4 rings (SSSR count). The van der Waals surface area contributed by atoms with Crippen molar-refractivity contribution < 1.29 is 22.4 Å². The lowest BCUT2D eigenvalue weighted by Gasteiger charge is -2.18. The molecule has 28 heavy (non-hydrogen) atoms. The lowest BCUT2D eigenvalue weighted by Crippen LogP contribution is -2.31. The van der Waals surface area contributed by atoms with Gasteiger partial charge in [-0.25, -0.2) is 4.99 Å². The Morgan fingerprint density at radius 1 is 1.39 bits per heavy atom. The van der Waals surface area contributed by atoms with Gasteiger partial charge in [0.15, 0.2) is 0 Å². The van der Waals surface area contributed by atoms with Crippen LogP contribution >= 0.6 is 0 Å². The second kappa shape index (κ2) is 6.50. The average Bonchev–Trinajstić information content (AvgIpc) is 3.20. The molecule has 9 heteroatoms. The molecule has 6 nitrogen and oxygen atoms in total. The van der Waals surface area contributed by atoms with Gasteiger partial charge in [0.1, 0.15) is 17.9 Å². The Kier molecular flexibility index (Phi) is 4.24. The lowest BCUT2D eigenvalue weighted by molar-refractivity contribution is -0.137. The van der Waals surface area contributed by atoms with E-state index in [1.807, 2.05) is 11.8 Å². The third-order valence-corrected chi connectivity index (χ3v) is 4.73. The smallest absolute Gasteiger partial charge is 0.416 e. The van der Waals surface area contributed by atoms with Crippen LogP contribution in [-0.2, 0) is 6.18 Å². The van der Waals surface area contributed by atoms with Crippen molar-refractivity contribution in [3.8, 4) is 0 Å². The summed E-state index contributed by atoms with van der Waals surface area (Å²) < 4.78 is 44.4. The molecule has 3 heterocycles. The summed E-state index contributed by atoms with van der Waals surface area (Å²) in [5.74, 6) is 0.638. The van der Waals surface area contributed by atoms with E-state index in [1.54, 1.807) is 13.3 Å². The molecule has 0 fully saturated rings. The topological polar surface area (TPSA) is 70.2 Å². The first kappa shape index (κ1) is 18.3. The van der Waals surface area contributed by atoms with Gasteiger partial charge in [-0.1, -0.05) is 13.0 Å². The normalized spacial score (nSPS) is 18.0. The second-order valence-corrected chi connectivity index (χ2v) is 6.66. The summed E-state index contributed by atoms with van der Waals surface area (Å²) in [6.07, 6.45) is -2.03. The summed E-state index contributed by atoms with van der Waals surface area (Å²) in [5, 5.41) is 2.53. The highest BCUT2D eigenvalue weighted by Crippen LogP contribution is 2.36. The minimum atomic E-state index is -4.49. The predicted octanol–water partition coefficient (Wildman–Crippen LogP) is 4.37. The Balaban J connectivity index is 1.69. The van der Waals surface area contributed by atoms with Gasteiger partial charge >= 0.3 is 6.18 Å². The number of rotatable bonds is 3. The van der Waals surface area contributed by atoms with Crippen molar-refractivity contribution in [3.63, 3.8) is 0 Å². The molecule has 1 N–H and O–H groups in total. The van der Waals surface area contributed by atoms with E-state index < -0.39 is 17.6 Å². The van der Waals surface area contributed by atoms with E-state index in [0.29, 0.717) is 23.7 Å². The standard InChI is InChI=1S/C19H17F3N4O2/c1-3-12-8-26-9-23-18-15(16(26)24-12)14(10(2)28-18)17(27)25-13-6-4-5-11(7-13)19(20,21)22/h4-7,9,12H,3,8H2,1-2H3,(H,25,27)/t12-/m0/s1. The number of nitrogens with one attached hydrogen (secondary N) is 1. The number of hydrogen-bond acceptors (Lipinski definition) is 5. The van der Waals surface area contributed by atoms with E-state index in [2.05, 4.69) is 15.3 Å². The van der Waals surface area contributed by atoms with Crippen molar-refractivity contribution in [2.45, 2.75) is 32.5 Å². The molecule has 0 radical (unpaired) electrons. The molecule has 1 aromatic heterocycles. The highest BCUT2D eigenvalue weighted by Gasteiger charge is 2.36.